The van der Waals surface area contributed by atoms with Crippen LogP contribution in [0.3, 0.4) is 0 Å². The molecule has 9 nitrogen and oxygen atoms in total. The van der Waals surface area contributed by atoms with Crippen molar-refractivity contribution in [2.75, 3.05) is 63.9 Å². The number of nitrogens with zero attached hydrogens (tertiary/aromatic N) is 3. The van der Waals surface area contributed by atoms with E-state index in [2.05, 4.69) is 9.62 Å². The molecule has 182 valence electrons. The van der Waals surface area contributed by atoms with E-state index in [1.165, 1.54) is 0 Å². The molecule has 0 saturated carbocycles. The first-order chi connectivity index (χ1) is 15.9. The number of likely N-dealkylation sites (tertiary alicyclic amines) is 1. The fourth-order valence-electron chi connectivity index (χ4n) is 4.70. The first-order valence-electron chi connectivity index (χ1n) is 11.9. The van der Waals surface area contributed by atoms with Crippen LogP contribution < -0.4 is 9.62 Å². The Hall–Kier alpha value is -2.01. The maximum absolute atomic E-state index is 12.8. The van der Waals surface area contributed by atoms with E-state index in [-0.39, 0.29) is 29.6 Å². The number of carbonyl (C=O) groups excluding carboxylic acids is 2. The summed E-state index contributed by atoms with van der Waals surface area (Å²) in [5.41, 5.74) is 1.60. The molecule has 0 radical (unpaired) electrons. The third-order valence-corrected chi connectivity index (χ3v) is 8.10. The molecule has 3 heterocycles. The van der Waals surface area contributed by atoms with Gasteiger partial charge >= 0.3 is 0 Å². The Morgan fingerprint density at radius 3 is 2.42 bits per heavy atom. The predicted octanol–water partition coefficient (Wildman–Crippen LogP) is 0.979. The van der Waals surface area contributed by atoms with E-state index >= 15 is 0 Å². The number of piperidine rings is 1. The maximum Gasteiger partial charge on any atom is 0.240 e. The number of amides is 2. The molecule has 10 heteroatoms. The SMILES string of the molecule is O=C(CCC(=O)N1CCc2cc(S(=O)(=O)NCCN3CCOCC3)ccc21)N1CCCCC1. The Morgan fingerprint density at radius 1 is 0.939 bits per heavy atom. The van der Waals surface area contributed by atoms with E-state index in [4.69, 9.17) is 4.74 Å². The van der Waals surface area contributed by atoms with E-state index in [9.17, 15) is 18.0 Å². The largest absolute Gasteiger partial charge is 0.379 e. The lowest BCUT2D eigenvalue weighted by Gasteiger charge is -2.27. The van der Waals surface area contributed by atoms with Crippen molar-refractivity contribution in [3.8, 4) is 0 Å². The zero-order valence-electron chi connectivity index (χ0n) is 19.1. The van der Waals surface area contributed by atoms with Gasteiger partial charge in [0.05, 0.1) is 18.1 Å². The molecule has 1 aromatic rings. The van der Waals surface area contributed by atoms with Gasteiger partial charge in [0.25, 0.3) is 0 Å². The van der Waals surface area contributed by atoms with Gasteiger partial charge in [-0.15, -0.1) is 0 Å². The summed E-state index contributed by atoms with van der Waals surface area (Å²) in [5, 5.41) is 0. The fourth-order valence-corrected chi connectivity index (χ4v) is 5.77. The van der Waals surface area contributed by atoms with E-state index in [0.717, 1.165) is 56.7 Å². The minimum Gasteiger partial charge on any atom is -0.379 e. The number of hydrogen-bond acceptors (Lipinski definition) is 6. The zero-order valence-corrected chi connectivity index (χ0v) is 19.9. The molecule has 0 aromatic heterocycles. The summed E-state index contributed by atoms with van der Waals surface area (Å²) in [5.74, 6) is -0.0367. The Kier molecular flexibility index (Phi) is 8.00. The van der Waals surface area contributed by atoms with Gasteiger partial charge in [-0.25, -0.2) is 13.1 Å². The number of morpholine rings is 1. The van der Waals surface area contributed by atoms with E-state index in [0.29, 0.717) is 39.3 Å². The van der Waals surface area contributed by atoms with Crippen LogP contribution in [0.5, 0.6) is 0 Å². The first kappa shape index (κ1) is 24.1. The second-order valence-corrected chi connectivity index (χ2v) is 10.6. The smallest absolute Gasteiger partial charge is 0.240 e. The van der Waals surface area contributed by atoms with Gasteiger partial charge in [-0.1, -0.05) is 0 Å². The molecule has 0 spiro atoms. The molecule has 33 heavy (non-hydrogen) atoms. The van der Waals surface area contributed by atoms with Crippen molar-refractivity contribution in [1.29, 1.82) is 0 Å². The molecule has 3 aliphatic rings. The molecule has 1 N–H and O–H groups in total. The lowest BCUT2D eigenvalue weighted by Crippen LogP contribution is -2.41. The summed E-state index contributed by atoms with van der Waals surface area (Å²) in [7, 11) is -3.62. The summed E-state index contributed by atoms with van der Waals surface area (Å²) in [6, 6.07) is 4.93. The summed E-state index contributed by atoms with van der Waals surface area (Å²) < 4.78 is 33.5. The van der Waals surface area contributed by atoms with Gasteiger partial charge in [0.2, 0.25) is 21.8 Å². The summed E-state index contributed by atoms with van der Waals surface area (Å²) in [6.07, 6.45) is 4.24. The third-order valence-electron chi connectivity index (χ3n) is 6.64. The van der Waals surface area contributed by atoms with Crippen molar-refractivity contribution >= 4 is 27.5 Å². The second-order valence-electron chi connectivity index (χ2n) is 8.88. The number of hydrogen-bond donors (Lipinski definition) is 1. The molecular formula is C23H34N4O5S. The molecule has 0 bridgehead atoms. The standard InChI is InChI=1S/C23H34N4O5S/c28-22(26-10-2-1-3-11-26)6-7-23(29)27-12-8-19-18-20(4-5-21(19)27)33(30,31)24-9-13-25-14-16-32-17-15-25/h4-5,18,24H,1-3,6-17H2. The fraction of sp³-hybridized carbons (Fsp3) is 0.652. The number of fused-ring (bicyclic) bond motifs is 1. The highest BCUT2D eigenvalue weighted by Gasteiger charge is 2.27. The quantitative estimate of drug-likeness (QED) is 0.598. The monoisotopic (exact) mass is 478 g/mol. The molecule has 0 atom stereocenters. The number of nitrogens with one attached hydrogen (secondary N) is 1. The van der Waals surface area contributed by atoms with Crippen LogP contribution in [-0.2, 0) is 30.8 Å². The van der Waals surface area contributed by atoms with Crippen molar-refractivity contribution in [3.05, 3.63) is 23.8 Å². The highest BCUT2D eigenvalue weighted by atomic mass is 32.2. The van der Waals surface area contributed by atoms with Crippen molar-refractivity contribution in [1.82, 2.24) is 14.5 Å². The lowest BCUT2D eigenvalue weighted by atomic mass is 10.1. The van der Waals surface area contributed by atoms with Crippen LogP contribution in [0.15, 0.2) is 23.1 Å². The topological polar surface area (TPSA) is 99.3 Å². The molecule has 2 saturated heterocycles. The Balaban J connectivity index is 1.31. The Bertz CT molecular complexity index is 956. The molecule has 2 amide bonds. The number of anilines is 1. The molecule has 1 aromatic carbocycles. The van der Waals surface area contributed by atoms with Crippen molar-refractivity contribution in [2.24, 2.45) is 0 Å². The van der Waals surface area contributed by atoms with E-state index in [1.54, 1.807) is 23.1 Å². The van der Waals surface area contributed by atoms with Crippen LogP contribution in [-0.4, -0.2) is 89.1 Å². The van der Waals surface area contributed by atoms with Crippen molar-refractivity contribution in [2.45, 2.75) is 43.4 Å². The van der Waals surface area contributed by atoms with Crippen LogP contribution in [0, 0.1) is 0 Å². The normalized spacial score (nSPS) is 19.5. The van der Waals surface area contributed by atoms with Crippen molar-refractivity contribution in [3.63, 3.8) is 0 Å². The first-order valence-corrected chi connectivity index (χ1v) is 13.4. The number of ether oxygens (including phenoxy) is 1. The molecule has 3 aliphatic heterocycles. The molecule has 4 rings (SSSR count). The second kappa shape index (κ2) is 10.9. The van der Waals surface area contributed by atoms with Gasteiger partial charge in [-0.3, -0.25) is 14.5 Å². The molecule has 0 aliphatic carbocycles. The number of rotatable bonds is 8. The lowest BCUT2D eigenvalue weighted by molar-refractivity contribution is -0.133. The Morgan fingerprint density at radius 2 is 1.67 bits per heavy atom. The number of benzene rings is 1. The van der Waals surface area contributed by atoms with Crippen molar-refractivity contribution < 1.29 is 22.7 Å². The highest BCUT2D eigenvalue weighted by Crippen LogP contribution is 2.31. The van der Waals surface area contributed by atoms with Crippen LogP contribution >= 0.6 is 0 Å². The summed E-state index contributed by atoms with van der Waals surface area (Å²) in [4.78, 5) is 31.1. The van der Waals surface area contributed by atoms with E-state index in [1.807, 2.05) is 4.90 Å². The Labute approximate surface area is 196 Å². The van der Waals surface area contributed by atoms with Gasteiger partial charge in [-0.2, -0.15) is 0 Å². The average Bonchev–Trinajstić information content (AvgIpc) is 3.27. The third kappa shape index (κ3) is 6.11. The number of carbonyl (C=O) groups is 2. The van der Waals surface area contributed by atoms with Gasteiger partial charge in [0.1, 0.15) is 0 Å². The minimum absolute atomic E-state index is 0.0482. The maximum atomic E-state index is 12.8. The molecule has 0 unspecified atom stereocenters. The van der Waals surface area contributed by atoms with Gasteiger partial charge in [0, 0.05) is 64.3 Å². The minimum atomic E-state index is -3.62. The zero-order chi connectivity index (χ0) is 23.3. The van der Waals surface area contributed by atoms with Crippen LogP contribution in [0.2, 0.25) is 0 Å². The molecular weight excluding hydrogens is 444 g/mol. The van der Waals surface area contributed by atoms with Gasteiger partial charge in [0.15, 0.2) is 0 Å². The molecule has 2 fully saturated rings. The van der Waals surface area contributed by atoms with Gasteiger partial charge in [-0.05, 0) is 49.4 Å². The van der Waals surface area contributed by atoms with Gasteiger partial charge < -0.3 is 14.5 Å². The summed E-state index contributed by atoms with van der Waals surface area (Å²) >= 11 is 0. The van der Waals surface area contributed by atoms with Crippen LogP contribution in [0.25, 0.3) is 0 Å². The van der Waals surface area contributed by atoms with E-state index < -0.39 is 10.0 Å². The average molecular weight is 479 g/mol. The highest BCUT2D eigenvalue weighted by molar-refractivity contribution is 7.89. The summed E-state index contributed by atoms with van der Waals surface area (Å²) in [6.45, 7) is 6.07. The van der Waals surface area contributed by atoms with Crippen LogP contribution in [0.1, 0.15) is 37.7 Å². The number of sulfonamides is 1. The predicted molar refractivity (Wildman–Crippen MR) is 125 cm³/mol. The van der Waals surface area contributed by atoms with Crippen LogP contribution in [0.4, 0.5) is 5.69 Å².